The lowest BCUT2D eigenvalue weighted by Crippen LogP contribution is -2.33. The Morgan fingerprint density at radius 3 is 3.06 bits per heavy atom. The van der Waals surface area contributed by atoms with Gasteiger partial charge in [0.1, 0.15) is 0 Å². The Morgan fingerprint density at radius 1 is 1.44 bits per heavy atom. The van der Waals surface area contributed by atoms with E-state index in [2.05, 4.69) is 10.1 Å². The van der Waals surface area contributed by atoms with Crippen LogP contribution in [0.4, 0.5) is 0 Å². The zero-order valence-electron chi connectivity index (χ0n) is 10.2. The van der Waals surface area contributed by atoms with E-state index in [4.69, 9.17) is 0 Å². The molecule has 3 rings (SSSR count). The molecule has 0 saturated carbocycles. The first-order chi connectivity index (χ1) is 8.74. The molecule has 2 aromatic heterocycles. The van der Waals surface area contributed by atoms with Crippen LogP contribution in [0.15, 0.2) is 30.7 Å². The molecule has 2 aromatic rings. The van der Waals surface area contributed by atoms with Gasteiger partial charge >= 0.3 is 0 Å². The normalized spacial score (nSPS) is 14.4. The summed E-state index contributed by atoms with van der Waals surface area (Å²) in [4.78, 5) is 17.3. The zero-order chi connectivity index (χ0) is 12.5. The lowest BCUT2D eigenvalue weighted by molar-refractivity contribution is -0.129. The number of nitrogens with zero attached hydrogens (tertiary/aromatic N) is 4. The summed E-state index contributed by atoms with van der Waals surface area (Å²) < 4.78 is 1.83. The van der Waals surface area contributed by atoms with Crippen LogP contribution in [0.25, 0.3) is 5.69 Å². The number of amides is 1. The maximum atomic E-state index is 11.4. The molecule has 18 heavy (non-hydrogen) atoms. The van der Waals surface area contributed by atoms with E-state index >= 15 is 0 Å². The molecule has 0 aliphatic carbocycles. The molecule has 5 heteroatoms. The monoisotopic (exact) mass is 242 g/mol. The highest BCUT2D eigenvalue weighted by molar-refractivity contribution is 5.73. The van der Waals surface area contributed by atoms with Crippen LogP contribution < -0.4 is 0 Å². The van der Waals surface area contributed by atoms with Crippen molar-refractivity contribution in [2.45, 2.75) is 19.9 Å². The molecule has 5 nitrogen and oxygen atoms in total. The van der Waals surface area contributed by atoms with Gasteiger partial charge in [0.2, 0.25) is 5.91 Å². The maximum Gasteiger partial charge on any atom is 0.219 e. The van der Waals surface area contributed by atoms with Crippen LogP contribution in [0, 0.1) is 0 Å². The second kappa shape index (κ2) is 4.25. The zero-order valence-corrected chi connectivity index (χ0v) is 10.2. The van der Waals surface area contributed by atoms with Crippen LogP contribution in [0.1, 0.15) is 18.2 Å². The lowest BCUT2D eigenvalue weighted by Gasteiger charge is -2.24. The predicted octanol–water partition coefficient (Wildman–Crippen LogP) is 1.17. The molecule has 1 aliphatic rings. The molecule has 0 bridgehead atoms. The molecule has 0 aromatic carbocycles. The SMILES string of the molecule is CC(=O)N1CCc2nn(-c3cccnc3)cc2C1. The number of hydrogen-bond donors (Lipinski definition) is 0. The Balaban J connectivity index is 1.92. The third kappa shape index (κ3) is 1.88. The highest BCUT2D eigenvalue weighted by Gasteiger charge is 2.21. The second-order valence-corrected chi connectivity index (χ2v) is 4.45. The van der Waals surface area contributed by atoms with Crippen molar-refractivity contribution >= 4 is 5.91 Å². The number of pyridine rings is 1. The Hall–Kier alpha value is -2.17. The van der Waals surface area contributed by atoms with Crippen LogP contribution in [0.2, 0.25) is 0 Å². The fraction of sp³-hybridized carbons (Fsp3) is 0.308. The van der Waals surface area contributed by atoms with Crippen LogP contribution in [-0.2, 0) is 17.8 Å². The molecular formula is C13H14N4O. The molecule has 1 amide bonds. The summed E-state index contributed by atoms with van der Waals surface area (Å²) in [5, 5.41) is 4.55. The van der Waals surface area contributed by atoms with Gasteiger partial charge in [-0.1, -0.05) is 0 Å². The highest BCUT2D eigenvalue weighted by atomic mass is 16.2. The van der Waals surface area contributed by atoms with Gasteiger partial charge in [-0.05, 0) is 12.1 Å². The van der Waals surface area contributed by atoms with Crippen molar-refractivity contribution in [1.82, 2.24) is 19.7 Å². The molecule has 92 valence electrons. The van der Waals surface area contributed by atoms with E-state index < -0.39 is 0 Å². The van der Waals surface area contributed by atoms with Gasteiger partial charge in [0.15, 0.2) is 0 Å². The minimum Gasteiger partial charge on any atom is -0.338 e. The minimum atomic E-state index is 0.120. The van der Waals surface area contributed by atoms with E-state index in [1.165, 1.54) is 0 Å². The number of hydrogen-bond acceptors (Lipinski definition) is 3. The molecule has 0 radical (unpaired) electrons. The summed E-state index contributed by atoms with van der Waals surface area (Å²) in [5.74, 6) is 0.120. The minimum absolute atomic E-state index is 0.120. The van der Waals surface area contributed by atoms with Gasteiger partial charge in [-0.3, -0.25) is 9.78 Å². The third-order valence-electron chi connectivity index (χ3n) is 3.21. The Kier molecular flexibility index (Phi) is 2.59. The second-order valence-electron chi connectivity index (χ2n) is 4.45. The van der Waals surface area contributed by atoms with E-state index in [1.54, 1.807) is 19.3 Å². The van der Waals surface area contributed by atoms with Crippen molar-refractivity contribution in [3.05, 3.63) is 42.0 Å². The summed E-state index contributed by atoms with van der Waals surface area (Å²) in [6.45, 7) is 3.02. The van der Waals surface area contributed by atoms with E-state index in [1.807, 2.05) is 27.9 Å². The van der Waals surface area contributed by atoms with Gasteiger partial charge in [-0.2, -0.15) is 5.10 Å². The van der Waals surface area contributed by atoms with E-state index in [9.17, 15) is 4.79 Å². The molecule has 0 spiro atoms. The molecule has 0 N–H and O–H groups in total. The first kappa shape index (κ1) is 11.0. The number of fused-ring (bicyclic) bond motifs is 1. The van der Waals surface area contributed by atoms with Gasteiger partial charge < -0.3 is 4.90 Å². The van der Waals surface area contributed by atoms with Crippen molar-refractivity contribution in [1.29, 1.82) is 0 Å². The summed E-state index contributed by atoms with van der Waals surface area (Å²) >= 11 is 0. The predicted molar refractivity (Wildman–Crippen MR) is 66.2 cm³/mol. The van der Waals surface area contributed by atoms with Gasteiger partial charge in [-0.25, -0.2) is 4.68 Å². The fourth-order valence-electron chi connectivity index (χ4n) is 2.20. The van der Waals surface area contributed by atoms with Crippen LogP contribution in [0.5, 0.6) is 0 Å². The first-order valence-corrected chi connectivity index (χ1v) is 5.97. The molecule has 0 atom stereocenters. The number of carbonyl (C=O) groups excluding carboxylic acids is 1. The largest absolute Gasteiger partial charge is 0.338 e. The fourth-order valence-corrected chi connectivity index (χ4v) is 2.20. The average Bonchev–Trinajstić information content (AvgIpc) is 2.82. The van der Waals surface area contributed by atoms with Crippen LogP contribution in [0.3, 0.4) is 0 Å². The molecule has 0 saturated heterocycles. The summed E-state index contributed by atoms with van der Waals surface area (Å²) in [6, 6.07) is 3.85. The summed E-state index contributed by atoms with van der Waals surface area (Å²) in [7, 11) is 0. The number of rotatable bonds is 1. The summed E-state index contributed by atoms with van der Waals surface area (Å²) in [5.41, 5.74) is 3.15. The Morgan fingerprint density at radius 2 is 2.33 bits per heavy atom. The van der Waals surface area contributed by atoms with Gasteiger partial charge in [0.05, 0.1) is 17.6 Å². The number of carbonyl (C=O) groups is 1. The van der Waals surface area contributed by atoms with E-state index in [-0.39, 0.29) is 5.91 Å². The number of aromatic nitrogens is 3. The first-order valence-electron chi connectivity index (χ1n) is 5.97. The quantitative estimate of drug-likeness (QED) is 0.754. The van der Waals surface area contributed by atoms with Crippen molar-refractivity contribution in [3.63, 3.8) is 0 Å². The van der Waals surface area contributed by atoms with Gasteiger partial charge in [-0.15, -0.1) is 0 Å². The Labute approximate surface area is 105 Å². The smallest absolute Gasteiger partial charge is 0.219 e. The Bertz CT molecular complexity index is 576. The average molecular weight is 242 g/mol. The topological polar surface area (TPSA) is 51.0 Å². The molecule has 0 fully saturated rings. The van der Waals surface area contributed by atoms with Crippen molar-refractivity contribution in [2.24, 2.45) is 0 Å². The van der Waals surface area contributed by atoms with E-state index in [0.29, 0.717) is 6.54 Å². The maximum absolute atomic E-state index is 11.4. The van der Waals surface area contributed by atoms with Gasteiger partial charge in [0, 0.05) is 44.4 Å². The molecule has 3 heterocycles. The summed E-state index contributed by atoms with van der Waals surface area (Å²) in [6.07, 6.45) is 6.33. The van der Waals surface area contributed by atoms with E-state index in [0.717, 1.165) is 29.9 Å². The highest BCUT2D eigenvalue weighted by Crippen LogP contribution is 2.19. The molecule has 1 aliphatic heterocycles. The van der Waals surface area contributed by atoms with Crippen LogP contribution in [-0.4, -0.2) is 32.1 Å². The van der Waals surface area contributed by atoms with Crippen LogP contribution >= 0.6 is 0 Å². The molecule has 0 unspecified atom stereocenters. The van der Waals surface area contributed by atoms with Crippen molar-refractivity contribution in [3.8, 4) is 5.69 Å². The standard InChI is InChI=1S/C13H14N4O/c1-10(18)16-6-4-13-11(8-16)9-17(15-13)12-3-2-5-14-7-12/h2-3,5,7,9H,4,6,8H2,1H3. The lowest BCUT2D eigenvalue weighted by atomic mass is 10.1. The van der Waals surface area contributed by atoms with Crippen molar-refractivity contribution in [2.75, 3.05) is 6.54 Å². The van der Waals surface area contributed by atoms with Crippen molar-refractivity contribution < 1.29 is 4.79 Å². The third-order valence-corrected chi connectivity index (χ3v) is 3.21. The van der Waals surface area contributed by atoms with Gasteiger partial charge in [0.25, 0.3) is 0 Å². The molecular weight excluding hydrogens is 228 g/mol.